The number of aliphatic hydroxyl groups excluding tert-OH is 1. The third-order valence-corrected chi connectivity index (χ3v) is 4.41. The average molecular weight is 262 g/mol. The van der Waals surface area contributed by atoms with Crippen molar-refractivity contribution in [2.24, 2.45) is 0 Å². The number of rotatable bonds is 4. The molecule has 1 aromatic rings. The molecule has 2 atom stereocenters. The smallest absolute Gasteiger partial charge is 0.122 e. The highest BCUT2D eigenvalue weighted by Crippen LogP contribution is 2.31. The molecule has 1 saturated heterocycles. The van der Waals surface area contributed by atoms with E-state index in [-0.39, 0.29) is 11.7 Å². The van der Waals surface area contributed by atoms with E-state index in [4.69, 9.17) is 9.47 Å². The van der Waals surface area contributed by atoms with Crippen LogP contribution in [0.3, 0.4) is 0 Å². The van der Waals surface area contributed by atoms with Gasteiger partial charge in [-0.1, -0.05) is 12.1 Å². The first-order valence-electron chi connectivity index (χ1n) is 7.24. The SMILES string of the molecule is CC1(C(O)CCc2ccc3c(c2)CCO3)CCCO1. The summed E-state index contributed by atoms with van der Waals surface area (Å²) in [5.74, 6) is 1.02. The second kappa shape index (κ2) is 5.14. The van der Waals surface area contributed by atoms with Crippen LogP contribution >= 0.6 is 0 Å². The van der Waals surface area contributed by atoms with Crippen molar-refractivity contribution < 1.29 is 14.6 Å². The summed E-state index contributed by atoms with van der Waals surface area (Å²) < 4.78 is 11.2. The minimum atomic E-state index is -0.375. The number of ether oxygens (including phenoxy) is 2. The lowest BCUT2D eigenvalue weighted by Gasteiger charge is -2.29. The van der Waals surface area contributed by atoms with Gasteiger partial charge in [-0.2, -0.15) is 0 Å². The lowest BCUT2D eigenvalue weighted by atomic mass is 9.91. The molecule has 1 fully saturated rings. The number of hydrogen-bond donors (Lipinski definition) is 1. The van der Waals surface area contributed by atoms with E-state index in [9.17, 15) is 5.11 Å². The molecule has 104 valence electrons. The average Bonchev–Trinajstić information content (AvgIpc) is 3.04. The number of benzene rings is 1. The Morgan fingerprint density at radius 1 is 1.37 bits per heavy atom. The molecule has 3 rings (SSSR count). The minimum Gasteiger partial charge on any atom is -0.493 e. The van der Waals surface area contributed by atoms with Crippen molar-refractivity contribution in [1.82, 2.24) is 0 Å². The number of fused-ring (bicyclic) bond motifs is 1. The quantitative estimate of drug-likeness (QED) is 0.906. The first kappa shape index (κ1) is 12.9. The van der Waals surface area contributed by atoms with E-state index in [0.717, 1.165) is 51.1 Å². The monoisotopic (exact) mass is 262 g/mol. The van der Waals surface area contributed by atoms with Gasteiger partial charge >= 0.3 is 0 Å². The maximum atomic E-state index is 10.3. The van der Waals surface area contributed by atoms with Gasteiger partial charge in [0.2, 0.25) is 0 Å². The van der Waals surface area contributed by atoms with E-state index in [1.165, 1.54) is 11.1 Å². The highest BCUT2D eigenvalue weighted by atomic mass is 16.5. The van der Waals surface area contributed by atoms with E-state index in [2.05, 4.69) is 18.2 Å². The van der Waals surface area contributed by atoms with Gasteiger partial charge in [0.15, 0.2) is 0 Å². The molecule has 0 radical (unpaired) electrons. The van der Waals surface area contributed by atoms with Crippen molar-refractivity contribution in [2.75, 3.05) is 13.2 Å². The summed E-state index contributed by atoms with van der Waals surface area (Å²) in [5.41, 5.74) is 2.25. The fourth-order valence-electron chi connectivity index (χ4n) is 3.07. The van der Waals surface area contributed by atoms with Crippen LogP contribution in [0.25, 0.3) is 0 Å². The molecule has 0 saturated carbocycles. The van der Waals surface area contributed by atoms with E-state index < -0.39 is 0 Å². The van der Waals surface area contributed by atoms with Crippen molar-refractivity contribution in [1.29, 1.82) is 0 Å². The summed E-state index contributed by atoms with van der Waals surface area (Å²) in [6, 6.07) is 6.37. The van der Waals surface area contributed by atoms with E-state index in [1.54, 1.807) is 0 Å². The molecule has 2 unspecified atom stereocenters. The molecule has 2 aliphatic rings. The van der Waals surface area contributed by atoms with Crippen LogP contribution in [0.5, 0.6) is 5.75 Å². The molecule has 1 N–H and O–H groups in total. The molecule has 0 spiro atoms. The molecule has 0 bridgehead atoms. The Morgan fingerprint density at radius 2 is 2.26 bits per heavy atom. The van der Waals surface area contributed by atoms with Crippen LogP contribution in [-0.4, -0.2) is 30.0 Å². The second-order valence-corrected chi connectivity index (χ2v) is 5.86. The molecule has 3 heteroatoms. The lowest BCUT2D eigenvalue weighted by molar-refractivity contribution is -0.0800. The zero-order chi connectivity index (χ0) is 13.3. The highest BCUT2D eigenvalue weighted by molar-refractivity contribution is 5.39. The number of aryl methyl sites for hydroxylation is 1. The van der Waals surface area contributed by atoms with Gasteiger partial charge < -0.3 is 14.6 Å². The Labute approximate surface area is 114 Å². The van der Waals surface area contributed by atoms with Crippen molar-refractivity contribution in [3.8, 4) is 5.75 Å². The summed E-state index contributed by atoms with van der Waals surface area (Å²) >= 11 is 0. The molecule has 0 aromatic heterocycles. The lowest BCUT2D eigenvalue weighted by Crippen LogP contribution is -2.38. The first-order chi connectivity index (χ1) is 9.17. The predicted octanol–water partition coefficient (Wildman–Crippen LogP) is 2.48. The molecule has 0 amide bonds. The molecule has 0 aliphatic carbocycles. The van der Waals surface area contributed by atoms with Gasteiger partial charge in [-0.25, -0.2) is 0 Å². The summed E-state index contributed by atoms with van der Waals surface area (Å²) in [4.78, 5) is 0. The van der Waals surface area contributed by atoms with Gasteiger partial charge in [0.25, 0.3) is 0 Å². The second-order valence-electron chi connectivity index (χ2n) is 5.86. The van der Waals surface area contributed by atoms with Crippen LogP contribution in [0.15, 0.2) is 18.2 Å². The predicted molar refractivity (Wildman–Crippen MR) is 73.6 cm³/mol. The van der Waals surface area contributed by atoms with Gasteiger partial charge in [0.05, 0.1) is 18.3 Å². The first-order valence-corrected chi connectivity index (χ1v) is 7.24. The van der Waals surface area contributed by atoms with E-state index >= 15 is 0 Å². The van der Waals surface area contributed by atoms with Crippen LogP contribution in [0.1, 0.15) is 37.3 Å². The Hall–Kier alpha value is -1.06. The summed E-state index contributed by atoms with van der Waals surface area (Å²) in [7, 11) is 0. The van der Waals surface area contributed by atoms with Crippen LogP contribution in [-0.2, 0) is 17.6 Å². The molecule has 3 nitrogen and oxygen atoms in total. The Balaban J connectivity index is 1.60. The zero-order valence-electron chi connectivity index (χ0n) is 11.5. The summed E-state index contributed by atoms with van der Waals surface area (Å²) in [6.07, 6.45) is 4.31. The third kappa shape index (κ3) is 2.63. The van der Waals surface area contributed by atoms with Gasteiger partial charge in [0.1, 0.15) is 5.75 Å². The maximum absolute atomic E-state index is 10.3. The summed E-state index contributed by atoms with van der Waals surface area (Å²) in [5, 5.41) is 10.3. The molecule has 1 aromatic carbocycles. The minimum absolute atomic E-state index is 0.333. The molecule has 19 heavy (non-hydrogen) atoms. The Bertz CT molecular complexity index is 449. The van der Waals surface area contributed by atoms with Crippen LogP contribution in [0, 0.1) is 0 Å². The topological polar surface area (TPSA) is 38.7 Å². The number of aliphatic hydroxyl groups is 1. The number of hydrogen-bond acceptors (Lipinski definition) is 3. The Morgan fingerprint density at radius 3 is 3.05 bits per heavy atom. The highest BCUT2D eigenvalue weighted by Gasteiger charge is 2.36. The van der Waals surface area contributed by atoms with Crippen LogP contribution in [0.2, 0.25) is 0 Å². The van der Waals surface area contributed by atoms with E-state index in [0.29, 0.717) is 0 Å². The van der Waals surface area contributed by atoms with Crippen LogP contribution in [0.4, 0.5) is 0 Å². The zero-order valence-corrected chi connectivity index (χ0v) is 11.5. The van der Waals surface area contributed by atoms with Crippen LogP contribution < -0.4 is 4.74 Å². The fraction of sp³-hybridized carbons (Fsp3) is 0.625. The van der Waals surface area contributed by atoms with Gasteiger partial charge in [0, 0.05) is 13.0 Å². The van der Waals surface area contributed by atoms with Gasteiger partial charge in [-0.15, -0.1) is 0 Å². The molecular formula is C16H22O3. The fourth-order valence-corrected chi connectivity index (χ4v) is 3.07. The normalized spacial score (nSPS) is 27.1. The van der Waals surface area contributed by atoms with E-state index in [1.807, 2.05) is 6.92 Å². The summed E-state index contributed by atoms with van der Waals surface area (Å²) in [6.45, 7) is 3.61. The van der Waals surface area contributed by atoms with Gasteiger partial charge in [-0.05, 0) is 49.8 Å². The Kier molecular flexibility index (Phi) is 3.50. The van der Waals surface area contributed by atoms with Crippen molar-refractivity contribution >= 4 is 0 Å². The van der Waals surface area contributed by atoms with Crippen molar-refractivity contribution in [3.05, 3.63) is 29.3 Å². The largest absolute Gasteiger partial charge is 0.493 e. The molecule has 2 heterocycles. The van der Waals surface area contributed by atoms with Gasteiger partial charge in [-0.3, -0.25) is 0 Å². The third-order valence-electron chi connectivity index (χ3n) is 4.41. The molecular weight excluding hydrogens is 240 g/mol. The standard InChI is InChI=1S/C16H22O3/c1-16(8-2-9-19-16)15(17)6-4-12-3-5-14-13(11-12)7-10-18-14/h3,5,11,15,17H,2,4,6-10H2,1H3. The molecule has 2 aliphatic heterocycles. The van der Waals surface area contributed by atoms with Crippen molar-refractivity contribution in [3.63, 3.8) is 0 Å². The maximum Gasteiger partial charge on any atom is 0.122 e. The van der Waals surface area contributed by atoms with Crippen molar-refractivity contribution in [2.45, 2.75) is 50.7 Å².